The van der Waals surface area contributed by atoms with Crippen LogP contribution in [-0.4, -0.2) is 73.2 Å². The first-order valence-electron chi connectivity index (χ1n) is 13.7. The third-order valence-corrected chi connectivity index (χ3v) is 7.17. The van der Waals surface area contributed by atoms with E-state index in [-0.39, 0.29) is 18.6 Å². The number of nitrogens with one attached hydrogen (secondary N) is 1. The number of ether oxygens (including phenoxy) is 1. The summed E-state index contributed by atoms with van der Waals surface area (Å²) in [7, 11) is 1.95. The van der Waals surface area contributed by atoms with Crippen LogP contribution in [0.15, 0.2) is 66.7 Å². The van der Waals surface area contributed by atoms with E-state index in [0.717, 1.165) is 18.5 Å². The highest BCUT2D eigenvalue weighted by atomic mass is 16.6. The smallest absolute Gasteiger partial charge is 0.410 e. The average molecular weight is 529 g/mol. The number of amides is 2. The number of benzene rings is 2. The van der Waals surface area contributed by atoms with Crippen LogP contribution in [-0.2, 0) is 17.8 Å². The molecule has 1 aromatic heterocycles. The Morgan fingerprint density at radius 2 is 1.62 bits per heavy atom. The lowest BCUT2D eigenvalue weighted by molar-refractivity contribution is 0.0939. The molecule has 2 aromatic carbocycles. The molecule has 0 radical (unpaired) electrons. The fraction of sp³-hybridized carbons (Fsp3) is 0.400. The van der Waals surface area contributed by atoms with Crippen LogP contribution in [0.25, 0.3) is 0 Å². The fourth-order valence-corrected chi connectivity index (χ4v) is 4.49. The summed E-state index contributed by atoms with van der Waals surface area (Å²) >= 11 is 0. The first-order chi connectivity index (χ1) is 19.0. The number of hydrogen-bond donors (Lipinski definition) is 1. The Labute approximate surface area is 229 Å². The summed E-state index contributed by atoms with van der Waals surface area (Å²) in [6.07, 6.45) is 2.86. The van der Waals surface area contributed by atoms with E-state index in [1.165, 1.54) is 18.4 Å². The van der Waals surface area contributed by atoms with Gasteiger partial charge in [0.15, 0.2) is 0 Å². The number of anilines is 2. The SMILES string of the molecule is CN(CCc1ccccc1)c1nc(C(=O)NCC2CC2)cc(N2CCN(C(=O)OCc3ccccc3)CC2)n1. The second-order valence-electron chi connectivity index (χ2n) is 10.2. The van der Waals surface area contributed by atoms with Gasteiger partial charge in [0.25, 0.3) is 5.91 Å². The van der Waals surface area contributed by atoms with Gasteiger partial charge in [0.05, 0.1) is 0 Å². The molecule has 1 aliphatic heterocycles. The first kappa shape index (κ1) is 26.5. The second-order valence-corrected chi connectivity index (χ2v) is 10.2. The van der Waals surface area contributed by atoms with E-state index in [1.807, 2.05) is 60.5 Å². The zero-order chi connectivity index (χ0) is 27.0. The van der Waals surface area contributed by atoms with Crippen LogP contribution in [0.4, 0.5) is 16.6 Å². The molecule has 1 saturated carbocycles. The molecular formula is C30H36N6O3. The van der Waals surface area contributed by atoms with Gasteiger partial charge in [0.1, 0.15) is 18.1 Å². The minimum Gasteiger partial charge on any atom is -0.445 e. The predicted octanol–water partition coefficient (Wildman–Crippen LogP) is 3.75. The molecule has 1 aliphatic carbocycles. The van der Waals surface area contributed by atoms with Gasteiger partial charge in [-0.25, -0.2) is 9.78 Å². The Balaban J connectivity index is 1.24. The third-order valence-electron chi connectivity index (χ3n) is 7.17. The van der Waals surface area contributed by atoms with Crippen molar-refractivity contribution in [2.45, 2.75) is 25.9 Å². The largest absolute Gasteiger partial charge is 0.445 e. The molecule has 2 heterocycles. The van der Waals surface area contributed by atoms with Crippen LogP contribution >= 0.6 is 0 Å². The molecule has 5 rings (SSSR count). The number of carbonyl (C=O) groups is 2. The molecule has 0 spiro atoms. The zero-order valence-electron chi connectivity index (χ0n) is 22.5. The van der Waals surface area contributed by atoms with E-state index in [2.05, 4.69) is 27.3 Å². The molecule has 2 fully saturated rings. The molecule has 1 N–H and O–H groups in total. The van der Waals surface area contributed by atoms with Crippen LogP contribution in [0.2, 0.25) is 0 Å². The third kappa shape index (κ3) is 7.46. The molecule has 2 amide bonds. The first-order valence-corrected chi connectivity index (χ1v) is 13.7. The van der Waals surface area contributed by atoms with Gasteiger partial charge >= 0.3 is 6.09 Å². The monoisotopic (exact) mass is 528 g/mol. The van der Waals surface area contributed by atoms with Crippen molar-refractivity contribution in [3.05, 3.63) is 83.6 Å². The zero-order valence-corrected chi connectivity index (χ0v) is 22.5. The fourth-order valence-electron chi connectivity index (χ4n) is 4.49. The molecule has 0 bridgehead atoms. The molecule has 0 atom stereocenters. The summed E-state index contributed by atoms with van der Waals surface area (Å²) in [4.78, 5) is 40.9. The van der Waals surface area contributed by atoms with Crippen LogP contribution < -0.4 is 15.1 Å². The average Bonchev–Trinajstić information content (AvgIpc) is 3.83. The Hall–Kier alpha value is -4.14. The minimum absolute atomic E-state index is 0.175. The van der Waals surface area contributed by atoms with Crippen molar-refractivity contribution in [3.63, 3.8) is 0 Å². The molecule has 39 heavy (non-hydrogen) atoms. The van der Waals surface area contributed by atoms with E-state index in [9.17, 15) is 9.59 Å². The number of piperazine rings is 1. The van der Waals surface area contributed by atoms with Crippen molar-refractivity contribution in [2.75, 3.05) is 56.1 Å². The molecule has 0 unspecified atom stereocenters. The van der Waals surface area contributed by atoms with E-state index in [0.29, 0.717) is 56.1 Å². The summed E-state index contributed by atoms with van der Waals surface area (Å²) in [6, 6.07) is 21.7. The van der Waals surface area contributed by atoms with Gasteiger partial charge in [-0.15, -0.1) is 0 Å². The maximum absolute atomic E-state index is 13.0. The molecule has 9 nitrogen and oxygen atoms in total. The Bertz CT molecular complexity index is 1240. The number of carbonyl (C=O) groups excluding carboxylic acids is 2. The van der Waals surface area contributed by atoms with Crippen LogP contribution in [0.3, 0.4) is 0 Å². The normalized spacial score (nSPS) is 15.1. The van der Waals surface area contributed by atoms with Crippen molar-refractivity contribution in [2.24, 2.45) is 5.92 Å². The summed E-state index contributed by atoms with van der Waals surface area (Å²) in [5.74, 6) is 1.62. The van der Waals surface area contributed by atoms with Crippen molar-refractivity contribution >= 4 is 23.8 Å². The molecular weight excluding hydrogens is 492 g/mol. The van der Waals surface area contributed by atoms with E-state index < -0.39 is 0 Å². The molecule has 1 saturated heterocycles. The summed E-state index contributed by atoms with van der Waals surface area (Å²) in [5.41, 5.74) is 2.56. The number of likely N-dealkylation sites (N-methyl/N-ethyl adjacent to an activating group) is 1. The van der Waals surface area contributed by atoms with Crippen molar-refractivity contribution in [1.82, 2.24) is 20.2 Å². The van der Waals surface area contributed by atoms with Gasteiger partial charge in [0, 0.05) is 52.4 Å². The van der Waals surface area contributed by atoms with Gasteiger partial charge in [-0.3, -0.25) is 4.79 Å². The molecule has 9 heteroatoms. The lowest BCUT2D eigenvalue weighted by atomic mass is 10.1. The maximum Gasteiger partial charge on any atom is 0.410 e. The van der Waals surface area contributed by atoms with Gasteiger partial charge in [0.2, 0.25) is 5.95 Å². The van der Waals surface area contributed by atoms with Crippen LogP contribution in [0.5, 0.6) is 0 Å². The number of nitrogens with zero attached hydrogens (tertiary/aromatic N) is 5. The molecule has 3 aromatic rings. The van der Waals surface area contributed by atoms with Crippen molar-refractivity contribution < 1.29 is 14.3 Å². The van der Waals surface area contributed by atoms with Gasteiger partial charge < -0.3 is 24.8 Å². The highest BCUT2D eigenvalue weighted by molar-refractivity contribution is 5.93. The van der Waals surface area contributed by atoms with Gasteiger partial charge in [-0.2, -0.15) is 4.98 Å². The van der Waals surface area contributed by atoms with Gasteiger partial charge in [-0.1, -0.05) is 60.7 Å². The quantitative estimate of drug-likeness (QED) is 0.429. The van der Waals surface area contributed by atoms with Crippen molar-refractivity contribution in [3.8, 4) is 0 Å². The van der Waals surface area contributed by atoms with E-state index >= 15 is 0 Å². The predicted molar refractivity (Wildman–Crippen MR) is 151 cm³/mol. The standard InChI is InChI=1S/C30H36N6O3/c1-34(15-14-23-8-4-2-5-9-23)29-32-26(28(37)31-21-24-12-13-24)20-27(33-29)35-16-18-36(19-17-35)30(38)39-22-25-10-6-3-7-11-25/h2-11,20,24H,12-19,21-22H2,1H3,(H,31,37). The highest BCUT2D eigenvalue weighted by Gasteiger charge is 2.26. The van der Waals surface area contributed by atoms with Gasteiger partial charge in [-0.05, 0) is 36.3 Å². The lowest BCUT2D eigenvalue weighted by Crippen LogP contribution is -2.49. The summed E-state index contributed by atoms with van der Waals surface area (Å²) in [6.45, 7) is 3.87. The number of rotatable bonds is 10. The highest BCUT2D eigenvalue weighted by Crippen LogP contribution is 2.27. The minimum atomic E-state index is -0.317. The Kier molecular flexibility index (Phi) is 8.55. The van der Waals surface area contributed by atoms with Crippen LogP contribution in [0, 0.1) is 5.92 Å². The molecule has 204 valence electrons. The lowest BCUT2D eigenvalue weighted by Gasteiger charge is -2.35. The molecule has 2 aliphatic rings. The van der Waals surface area contributed by atoms with E-state index in [1.54, 1.807) is 11.0 Å². The van der Waals surface area contributed by atoms with E-state index in [4.69, 9.17) is 9.72 Å². The number of hydrogen-bond acceptors (Lipinski definition) is 7. The van der Waals surface area contributed by atoms with Crippen molar-refractivity contribution in [1.29, 1.82) is 0 Å². The number of aromatic nitrogens is 2. The Morgan fingerprint density at radius 3 is 2.28 bits per heavy atom. The topological polar surface area (TPSA) is 90.9 Å². The summed E-state index contributed by atoms with van der Waals surface area (Å²) < 4.78 is 5.51. The Morgan fingerprint density at radius 1 is 0.949 bits per heavy atom. The second kappa shape index (κ2) is 12.6. The maximum atomic E-state index is 13.0. The van der Waals surface area contributed by atoms with Crippen LogP contribution in [0.1, 0.15) is 34.5 Å². The summed E-state index contributed by atoms with van der Waals surface area (Å²) in [5, 5.41) is 3.03.